The maximum absolute atomic E-state index is 12.3. The van der Waals surface area contributed by atoms with Crippen molar-refractivity contribution in [2.24, 2.45) is 5.41 Å². The van der Waals surface area contributed by atoms with Gasteiger partial charge in [0.25, 0.3) is 0 Å². The Labute approximate surface area is 142 Å². The van der Waals surface area contributed by atoms with Crippen LogP contribution < -0.4 is 10.6 Å². The summed E-state index contributed by atoms with van der Waals surface area (Å²) in [7, 11) is 0. The Morgan fingerprint density at radius 1 is 1.38 bits per heavy atom. The summed E-state index contributed by atoms with van der Waals surface area (Å²) in [5.74, 6) is 0.785. The van der Waals surface area contributed by atoms with Crippen LogP contribution in [0.1, 0.15) is 45.1 Å². The van der Waals surface area contributed by atoms with Gasteiger partial charge in [0, 0.05) is 36.7 Å². The zero-order valence-electron chi connectivity index (χ0n) is 14.3. The smallest absolute Gasteiger partial charge is 0.315 e. The maximum atomic E-state index is 12.3. The van der Waals surface area contributed by atoms with E-state index in [-0.39, 0.29) is 17.5 Å². The van der Waals surface area contributed by atoms with Gasteiger partial charge in [0.05, 0.1) is 0 Å². The van der Waals surface area contributed by atoms with Crippen LogP contribution in [0.4, 0.5) is 4.79 Å². The summed E-state index contributed by atoms with van der Waals surface area (Å²) in [6, 6.07) is 3.95. The number of hydrogen-bond donors (Lipinski definition) is 2. The molecule has 0 spiro atoms. The summed E-state index contributed by atoms with van der Waals surface area (Å²) in [6.07, 6.45) is 11.6. The molecule has 1 fully saturated rings. The predicted molar refractivity (Wildman–Crippen MR) is 92.8 cm³/mol. The molecule has 6 nitrogen and oxygen atoms in total. The Hall–Kier alpha value is -2.37. The van der Waals surface area contributed by atoms with Crippen LogP contribution in [0.2, 0.25) is 0 Å². The lowest BCUT2D eigenvalue weighted by molar-refractivity contribution is 0.166. The molecular formula is C18H25N5O. The molecule has 1 aliphatic rings. The van der Waals surface area contributed by atoms with Crippen LogP contribution in [-0.4, -0.2) is 26.6 Å². The number of rotatable bonds is 4. The van der Waals surface area contributed by atoms with Crippen LogP contribution >= 0.6 is 0 Å². The third-order valence-electron chi connectivity index (χ3n) is 4.87. The van der Waals surface area contributed by atoms with Crippen LogP contribution in [0, 0.1) is 5.41 Å². The molecule has 2 amide bonds. The van der Waals surface area contributed by atoms with Crippen molar-refractivity contribution in [3.05, 3.63) is 42.6 Å². The van der Waals surface area contributed by atoms with Gasteiger partial charge in [0.1, 0.15) is 12.1 Å². The molecule has 2 N–H and O–H groups in total. The third kappa shape index (κ3) is 3.75. The van der Waals surface area contributed by atoms with Gasteiger partial charge < -0.3 is 10.6 Å². The van der Waals surface area contributed by atoms with Crippen molar-refractivity contribution < 1.29 is 4.79 Å². The number of hydrogen-bond acceptors (Lipinski definition) is 3. The van der Waals surface area contributed by atoms with Gasteiger partial charge in [-0.05, 0) is 24.3 Å². The molecule has 1 unspecified atom stereocenters. The lowest BCUT2D eigenvalue weighted by atomic mass is 9.73. The van der Waals surface area contributed by atoms with Crippen LogP contribution in [0.15, 0.2) is 37.1 Å². The Balaban J connectivity index is 1.61. The fourth-order valence-corrected chi connectivity index (χ4v) is 3.33. The van der Waals surface area contributed by atoms with E-state index in [4.69, 9.17) is 0 Å². The van der Waals surface area contributed by atoms with Crippen LogP contribution in [0.3, 0.4) is 0 Å². The number of pyridine rings is 1. The van der Waals surface area contributed by atoms with Crippen LogP contribution in [0.5, 0.6) is 0 Å². The van der Waals surface area contributed by atoms with Gasteiger partial charge >= 0.3 is 6.03 Å². The Kier molecular flexibility index (Phi) is 4.83. The third-order valence-corrected chi connectivity index (χ3v) is 4.87. The zero-order valence-corrected chi connectivity index (χ0v) is 14.3. The second-order valence-electron chi connectivity index (χ2n) is 7.07. The molecule has 128 valence electrons. The molecule has 3 rings (SSSR count). The van der Waals surface area contributed by atoms with E-state index in [1.165, 1.54) is 12.8 Å². The maximum Gasteiger partial charge on any atom is 0.315 e. The largest absolute Gasteiger partial charge is 0.335 e. The molecule has 1 atom stereocenters. The average molecular weight is 327 g/mol. The van der Waals surface area contributed by atoms with Crippen molar-refractivity contribution in [3.8, 4) is 5.82 Å². The lowest BCUT2D eigenvalue weighted by Crippen LogP contribution is -2.50. The van der Waals surface area contributed by atoms with E-state index in [0.29, 0.717) is 6.54 Å². The summed E-state index contributed by atoms with van der Waals surface area (Å²) >= 11 is 0. The lowest BCUT2D eigenvalue weighted by Gasteiger charge is -2.38. The van der Waals surface area contributed by atoms with E-state index in [0.717, 1.165) is 24.2 Å². The van der Waals surface area contributed by atoms with E-state index >= 15 is 0 Å². The van der Waals surface area contributed by atoms with Gasteiger partial charge in [-0.25, -0.2) is 14.8 Å². The standard InChI is InChI=1S/C18H25N5O/c1-18(2)8-4-3-7-15(18)22-17(24)21-12-14-6-5-9-20-16(14)23-11-10-19-13-23/h5-6,9-11,13,15H,3-4,7-8,12H2,1-2H3,(H2,21,22,24). The van der Waals surface area contributed by atoms with E-state index in [2.05, 4.69) is 34.4 Å². The van der Waals surface area contributed by atoms with Crippen molar-refractivity contribution in [1.82, 2.24) is 25.2 Å². The molecule has 0 bridgehead atoms. The van der Waals surface area contributed by atoms with Gasteiger partial charge in [0.15, 0.2) is 0 Å². The molecule has 24 heavy (non-hydrogen) atoms. The van der Waals surface area contributed by atoms with Crippen molar-refractivity contribution in [2.75, 3.05) is 0 Å². The number of aromatic nitrogens is 3. The van der Waals surface area contributed by atoms with Crippen molar-refractivity contribution in [3.63, 3.8) is 0 Å². The van der Waals surface area contributed by atoms with Gasteiger partial charge in [-0.15, -0.1) is 0 Å². The molecule has 6 heteroatoms. The molecule has 0 saturated heterocycles. The highest BCUT2D eigenvalue weighted by molar-refractivity contribution is 5.74. The minimum atomic E-state index is -0.115. The Morgan fingerprint density at radius 2 is 2.25 bits per heavy atom. The van der Waals surface area contributed by atoms with Crippen molar-refractivity contribution in [1.29, 1.82) is 0 Å². The van der Waals surface area contributed by atoms with Gasteiger partial charge in [-0.3, -0.25) is 4.57 Å². The molecule has 2 heterocycles. The van der Waals surface area contributed by atoms with Gasteiger partial charge in [-0.1, -0.05) is 32.8 Å². The zero-order chi connectivity index (χ0) is 17.0. The van der Waals surface area contributed by atoms with Crippen molar-refractivity contribution >= 4 is 6.03 Å². The van der Waals surface area contributed by atoms with E-state index in [1.807, 2.05) is 22.9 Å². The SMILES string of the molecule is CC1(C)CCCCC1NC(=O)NCc1cccnc1-n1ccnc1. The first-order valence-electron chi connectivity index (χ1n) is 8.53. The van der Waals surface area contributed by atoms with E-state index in [9.17, 15) is 4.79 Å². The number of imidazole rings is 1. The summed E-state index contributed by atoms with van der Waals surface area (Å²) < 4.78 is 1.85. The van der Waals surface area contributed by atoms with Crippen LogP contribution in [0.25, 0.3) is 5.82 Å². The molecule has 1 aliphatic carbocycles. The second-order valence-corrected chi connectivity index (χ2v) is 7.07. The highest BCUT2D eigenvalue weighted by atomic mass is 16.2. The van der Waals surface area contributed by atoms with Gasteiger partial charge in [-0.2, -0.15) is 0 Å². The first kappa shape index (κ1) is 16.5. The molecule has 2 aromatic rings. The van der Waals surface area contributed by atoms with Crippen LogP contribution in [-0.2, 0) is 6.54 Å². The summed E-state index contributed by atoms with van der Waals surface area (Å²) in [4.78, 5) is 20.7. The minimum absolute atomic E-state index is 0.115. The molecule has 0 aliphatic heterocycles. The first-order valence-corrected chi connectivity index (χ1v) is 8.53. The summed E-state index contributed by atoms with van der Waals surface area (Å²) in [6.45, 7) is 4.89. The second kappa shape index (κ2) is 7.03. The fraction of sp³-hybridized carbons (Fsp3) is 0.500. The fourth-order valence-electron chi connectivity index (χ4n) is 3.33. The van der Waals surface area contributed by atoms with Gasteiger partial charge in [0.2, 0.25) is 0 Å². The first-order chi connectivity index (χ1) is 11.6. The van der Waals surface area contributed by atoms with E-state index < -0.39 is 0 Å². The number of nitrogens with one attached hydrogen (secondary N) is 2. The highest BCUT2D eigenvalue weighted by Gasteiger charge is 2.33. The monoisotopic (exact) mass is 327 g/mol. The summed E-state index contributed by atoms with van der Waals surface area (Å²) in [5, 5.41) is 6.11. The number of carbonyl (C=O) groups is 1. The molecule has 0 aromatic carbocycles. The minimum Gasteiger partial charge on any atom is -0.335 e. The highest BCUT2D eigenvalue weighted by Crippen LogP contribution is 2.35. The molecule has 1 saturated carbocycles. The number of carbonyl (C=O) groups excluding carboxylic acids is 1. The summed E-state index contributed by atoms with van der Waals surface area (Å²) in [5.41, 5.74) is 1.11. The molecule has 0 radical (unpaired) electrons. The molecule has 2 aromatic heterocycles. The topological polar surface area (TPSA) is 71.8 Å². The number of urea groups is 1. The number of amides is 2. The normalized spacial score (nSPS) is 19.7. The Bertz CT molecular complexity index is 680. The predicted octanol–water partition coefficient (Wildman–Crippen LogP) is 3.04. The van der Waals surface area contributed by atoms with Crippen molar-refractivity contribution in [2.45, 2.75) is 52.1 Å². The number of nitrogens with zero attached hydrogens (tertiary/aromatic N) is 3. The quantitative estimate of drug-likeness (QED) is 0.906. The molecular weight excluding hydrogens is 302 g/mol. The average Bonchev–Trinajstić information content (AvgIpc) is 3.09. The van der Waals surface area contributed by atoms with E-state index in [1.54, 1.807) is 18.7 Å². The Morgan fingerprint density at radius 3 is 3.00 bits per heavy atom.